The largest absolute Gasteiger partial charge is 0.506 e. The lowest BCUT2D eigenvalue weighted by molar-refractivity contribution is -0.126. The zero-order valence-corrected chi connectivity index (χ0v) is 14.6. The first-order valence-corrected chi connectivity index (χ1v) is 8.58. The Morgan fingerprint density at radius 1 is 1.32 bits per heavy atom. The third-order valence-corrected chi connectivity index (χ3v) is 4.94. The number of amides is 4. The van der Waals surface area contributed by atoms with Crippen molar-refractivity contribution in [3.05, 3.63) is 23.8 Å². The molecule has 1 atom stereocenters. The Morgan fingerprint density at radius 3 is 2.76 bits per heavy atom. The molecular weight excluding hydrogens is 322 g/mol. The number of carbonyl (C=O) groups is 3. The zero-order chi connectivity index (χ0) is 18.1. The van der Waals surface area contributed by atoms with E-state index in [-0.39, 0.29) is 43.1 Å². The van der Waals surface area contributed by atoms with Gasteiger partial charge in [-0.25, -0.2) is 4.79 Å². The van der Waals surface area contributed by atoms with Gasteiger partial charge < -0.3 is 14.9 Å². The fourth-order valence-electron chi connectivity index (χ4n) is 3.49. The van der Waals surface area contributed by atoms with Gasteiger partial charge in [0.05, 0.1) is 5.69 Å². The van der Waals surface area contributed by atoms with E-state index in [0.717, 1.165) is 12.0 Å². The minimum atomic E-state index is -0.313. The standard InChI is InChI=1S/C18H23N3O4/c1-12-8-10-20(17-13(12)5-3-6-14(17)22)15(23)7-4-9-21-16(24)11-19(2)18(21)25/h3,5-6,12,22H,4,7-11H2,1-2H3. The predicted molar refractivity (Wildman–Crippen MR) is 92.5 cm³/mol. The Labute approximate surface area is 146 Å². The van der Waals surface area contributed by atoms with Crippen molar-refractivity contribution in [1.29, 1.82) is 0 Å². The lowest BCUT2D eigenvalue weighted by atomic mass is 9.91. The van der Waals surface area contributed by atoms with Crippen LogP contribution >= 0.6 is 0 Å². The number of phenols is 1. The van der Waals surface area contributed by atoms with Gasteiger partial charge in [0.25, 0.3) is 0 Å². The summed E-state index contributed by atoms with van der Waals surface area (Å²) >= 11 is 0. The summed E-state index contributed by atoms with van der Waals surface area (Å²) < 4.78 is 0. The molecular formula is C18H23N3O4. The molecule has 0 saturated carbocycles. The molecule has 3 rings (SSSR count). The van der Waals surface area contributed by atoms with Crippen LogP contribution in [-0.4, -0.2) is 59.4 Å². The first kappa shape index (κ1) is 17.3. The number of aromatic hydroxyl groups is 1. The molecule has 1 N–H and O–H groups in total. The van der Waals surface area contributed by atoms with Crippen LogP contribution in [0.5, 0.6) is 5.75 Å². The molecule has 0 aromatic heterocycles. The summed E-state index contributed by atoms with van der Waals surface area (Å²) in [5.41, 5.74) is 1.57. The van der Waals surface area contributed by atoms with Crippen LogP contribution in [0.1, 0.15) is 37.7 Å². The molecule has 1 unspecified atom stereocenters. The average Bonchev–Trinajstić information content (AvgIpc) is 2.82. The molecule has 25 heavy (non-hydrogen) atoms. The van der Waals surface area contributed by atoms with Gasteiger partial charge in [-0.1, -0.05) is 19.1 Å². The van der Waals surface area contributed by atoms with Crippen molar-refractivity contribution in [3.8, 4) is 5.75 Å². The van der Waals surface area contributed by atoms with Crippen LogP contribution in [0.25, 0.3) is 0 Å². The topological polar surface area (TPSA) is 81.2 Å². The smallest absolute Gasteiger partial charge is 0.326 e. The minimum Gasteiger partial charge on any atom is -0.506 e. The second kappa shape index (κ2) is 6.74. The molecule has 134 valence electrons. The van der Waals surface area contributed by atoms with Gasteiger partial charge in [-0.15, -0.1) is 0 Å². The average molecular weight is 345 g/mol. The van der Waals surface area contributed by atoms with E-state index in [1.807, 2.05) is 6.07 Å². The summed E-state index contributed by atoms with van der Waals surface area (Å²) in [6, 6.07) is 5.01. The summed E-state index contributed by atoms with van der Waals surface area (Å²) in [5.74, 6) is 0.0855. The number of para-hydroxylation sites is 1. The monoisotopic (exact) mass is 345 g/mol. The molecule has 1 aromatic rings. The number of hydrogen-bond acceptors (Lipinski definition) is 4. The number of rotatable bonds is 4. The third-order valence-electron chi connectivity index (χ3n) is 4.94. The molecule has 7 heteroatoms. The maximum atomic E-state index is 12.6. The number of anilines is 1. The summed E-state index contributed by atoms with van der Waals surface area (Å²) in [4.78, 5) is 40.4. The first-order valence-electron chi connectivity index (χ1n) is 8.58. The molecule has 2 aliphatic rings. The summed E-state index contributed by atoms with van der Waals surface area (Å²) in [5, 5.41) is 10.2. The summed E-state index contributed by atoms with van der Waals surface area (Å²) in [6.07, 6.45) is 1.48. The van der Waals surface area contributed by atoms with Crippen LogP contribution < -0.4 is 4.90 Å². The van der Waals surface area contributed by atoms with Crippen LogP contribution in [0, 0.1) is 0 Å². The van der Waals surface area contributed by atoms with Crippen molar-refractivity contribution in [3.63, 3.8) is 0 Å². The number of nitrogens with zero attached hydrogens (tertiary/aromatic N) is 3. The van der Waals surface area contributed by atoms with Gasteiger partial charge in [-0.2, -0.15) is 0 Å². The summed E-state index contributed by atoms with van der Waals surface area (Å²) in [7, 11) is 1.58. The van der Waals surface area contributed by atoms with Crippen molar-refractivity contribution < 1.29 is 19.5 Å². The molecule has 0 aliphatic carbocycles. The Kier molecular flexibility index (Phi) is 4.65. The fourth-order valence-corrected chi connectivity index (χ4v) is 3.49. The Morgan fingerprint density at radius 2 is 2.08 bits per heavy atom. The first-order chi connectivity index (χ1) is 11.9. The van der Waals surface area contributed by atoms with Crippen LogP contribution in [0.4, 0.5) is 10.5 Å². The van der Waals surface area contributed by atoms with Gasteiger partial charge in [0, 0.05) is 26.6 Å². The SMILES string of the molecule is CC1CCN(C(=O)CCCN2C(=O)CN(C)C2=O)c2c(O)cccc21. The second-order valence-corrected chi connectivity index (χ2v) is 6.74. The number of benzene rings is 1. The van der Waals surface area contributed by atoms with E-state index < -0.39 is 0 Å². The molecule has 0 bridgehead atoms. The van der Waals surface area contributed by atoms with Crippen LogP contribution in [-0.2, 0) is 9.59 Å². The Bertz CT molecular complexity index is 718. The highest BCUT2D eigenvalue weighted by Gasteiger charge is 2.33. The highest BCUT2D eigenvalue weighted by molar-refractivity contribution is 6.02. The maximum Gasteiger partial charge on any atom is 0.326 e. The molecule has 4 amide bonds. The number of imide groups is 1. The van der Waals surface area contributed by atoms with Crippen molar-refractivity contribution >= 4 is 23.5 Å². The van der Waals surface area contributed by atoms with Crippen molar-refractivity contribution in [1.82, 2.24) is 9.80 Å². The molecule has 1 aromatic carbocycles. The van der Waals surface area contributed by atoms with E-state index in [2.05, 4.69) is 6.92 Å². The van der Waals surface area contributed by atoms with E-state index in [0.29, 0.717) is 24.6 Å². The molecule has 1 fully saturated rings. The van der Waals surface area contributed by atoms with E-state index in [1.165, 1.54) is 9.80 Å². The molecule has 1 saturated heterocycles. The van der Waals surface area contributed by atoms with Gasteiger partial charge >= 0.3 is 6.03 Å². The number of phenolic OH excluding ortho intramolecular Hbond substituents is 1. The lowest BCUT2D eigenvalue weighted by Crippen LogP contribution is -2.37. The Hall–Kier alpha value is -2.57. The normalized spacial score (nSPS) is 20.2. The van der Waals surface area contributed by atoms with E-state index in [9.17, 15) is 19.5 Å². The van der Waals surface area contributed by atoms with Crippen LogP contribution in [0.15, 0.2) is 18.2 Å². The number of hydrogen-bond donors (Lipinski definition) is 1. The van der Waals surface area contributed by atoms with Gasteiger partial charge in [-0.05, 0) is 30.4 Å². The van der Waals surface area contributed by atoms with Crippen LogP contribution in [0.2, 0.25) is 0 Å². The highest BCUT2D eigenvalue weighted by Crippen LogP contribution is 2.41. The number of urea groups is 1. The number of fused-ring (bicyclic) bond motifs is 1. The molecule has 2 heterocycles. The maximum absolute atomic E-state index is 12.6. The zero-order valence-electron chi connectivity index (χ0n) is 14.6. The highest BCUT2D eigenvalue weighted by atomic mass is 16.3. The lowest BCUT2D eigenvalue weighted by Gasteiger charge is -2.33. The summed E-state index contributed by atoms with van der Waals surface area (Å²) in [6.45, 7) is 2.99. The molecule has 2 aliphatic heterocycles. The van der Waals surface area contributed by atoms with Gasteiger partial charge in [0.2, 0.25) is 11.8 Å². The molecule has 7 nitrogen and oxygen atoms in total. The number of carbonyl (C=O) groups excluding carboxylic acids is 3. The number of likely N-dealkylation sites (N-methyl/N-ethyl adjacent to an activating group) is 1. The minimum absolute atomic E-state index is 0.0953. The van der Waals surface area contributed by atoms with Gasteiger partial charge in [-0.3, -0.25) is 14.5 Å². The van der Waals surface area contributed by atoms with Crippen molar-refractivity contribution in [2.24, 2.45) is 0 Å². The molecule has 0 radical (unpaired) electrons. The van der Waals surface area contributed by atoms with E-state index >= 15 is 0 Å². The van der Waals surface area contributed by atoms with Crippen molar-refractivity contribution in [2.45, 2.75) is 32.1 Å². The second-order valence-electron chi connectivity index (χ2n) is 6.74. The van der Waals surface area contributed by atoms with E-state index in [4.69, 9.17) is 0 Å². The predicted octanol–water partition coefficient (Wildman–Crippen LogP) is 1.91. The van der Waals surface area contributed by atoms with Gasteiger partial charge in [0.1, 0.15) is 12.3 Å². The third kappa shape index (κ3) is 3.18. The fraction of sp³-hybridized carbons (Fsp3) is 0.500. The van der Waals surface area contributed by atoms with Gasteiger partial charge in [0.15, 0.2) is 0 Å². The molecule has 0 spiro atoms. The van der Waals surface area contributed by atoms with E-state index in [1.54, 1.807) is 24.1 Å². The Balaban J connectivity index is 1.64. The van der Waals surface area contributed by atoms with Crippen LogP contribution in [0.3, 0.4) is 0 Å². The quantitative estimate of drug-likeness (QED) is 0.845. The van der Waals surface area contributed by atoms with Crippen molar-refractivity contribution in [2.75, 3.05) is 31.6 Å².